The first-order valence-corrected chi connectivity index (χ1v) is 8.57. The molecule has 1 aromatic heterocycles. The van der Waals surface area contributed by atoms with Crippen LogP contribution in [0.3, 0.4) is 0 Å². The van der Waals surface area contributed by atoms with Crippen LogP contribution in [0.15, 0.2) is 30.6 Å². The van der Waals surface area contributed by atoms with Crippen molar-refractivity contribution in [3.8, 4) is 0 Å². The Hall–Kier alpha value is -2.21. The van der Waals surface area contributed by atoms with E-state index in [0.29, 0.717) is 6.04 Å². The number of nitrogens with two attached hydrogens (primary N) is 1. The van der Waals surface area contributed by atoms with E-state index >= 15 is 0 Å². The Morgan fingerprint density at radius 2 is 2.00 bits per heavy atom. The number of pyridine rings is 1. The first kappa shape index (κ1) is 16.6. The lowest BCUT2D eigenvalue weighted by atomic mass is 10.0. The van der Waals surface area contributed by atoms with Crippen LogP contribution in [0.1, 0.15) is 31.2 Å². The SMILES string of the molecule is NC(=O)C1CCCN1C1CCN(C(=O)/C=C/c2cccnc2)CC1. The van der Waals surface area contributed by atoms with E-state index in [4.69, 9.17) is 5.73 Å². The molecule has 2 saturated heterocycles. The van der Waals surface area contributed by atoms with E-state index in [0.717, 1.165) is 50.9 Å². The number of amides is 2. The first-order chi connectivity index (χ1) is 11.6. The Balaban J connectivity index is 1.52. The van der Waals surface area contributed by atoms with E-state index in [1.807, 2.05) is 17.0 Å². The fourth-order valence-electron chi connectivity index (χ4n) is 3.70. The van der Waals surface area contributed by atoms with Gasteiger partial charge in [-0.25, -0.2) is 0 Å². The number of likely N-dealkylation sites (tertiary alicyclic amines) is 2. The van der Waals surface area contributed by atoms with Crippen LogP contribution < -0.4 is 5.73 Å². The fraction of sp³-hybridized carbons (Fsp3) is 0.500. The van der Waals surface area contributed by atoms with E-state index in [1.165, 1.54) is 0 Å². The van der Waals surface area contributed by atoms with Crippen LogP contribution in [-0.2, 0) is 9.59 Å². The van der Waals surface area contributed by atoms with Crippen molar-refractivity contribution in [2.45, 2.75) is 37.8 Å². The molecule has 0 saturated carbocycles. The number of hydrogen-bond donors (Lipinski definition) is 1. The van der Waals surface area contributed by atoms with Crippen molar-refractivity contribution in [2.24, 2.45) is 5.73 Å². The van der Waals surface area contributed by atoms with Crippen LogP contribution in [0.4, 0.5) is 0 Å². The highest BCUT2D eigenvalue weighted by Crippen LogP contribution is 2.26. The normalized spacial score (nSPS) is 23.0. The predicted octanol–water partition coefficient (Wildman–Crippen LogP) is 1.04. The van der Waals surface area contributed by atoms with Gasteiger partial charge in [-0.05, 0) is 49.9 Å². The van der Waals surface area contributed by atoms with Crippen LogP contribution in [0.5, 0.6) is 0 Å². The van der Waals surface area contributed by atoms with Crippen molar-refractivity contribution in [1.29, 1.82) is 0 Å². The Kier molecular flexibility index (Phi) is 5.25. The van der Waals surface area contributed by atoms with Gasteiger partial charge < -0.3 is 10.6 Å². The van der Waals surface area contributed by atoms with Crippen LogP contribution in [0.2, 0.25) is 0 Å². The van der Waals surface area contributed by atoms with Crippen molar-refractivity contribution < 1.29 is 9.59 Å². The van der Waals surface area contributed by atoms with Crippen LogP contribution in [0.25, 0.3) is 6.08 Å². The molecule has 0 aromatic carbocycles. The standard InChI is InChI=1S/C18H24N4O2/c19-18(24)16-4-2-10-22(16)15-7-11-21(12-8-15)17(23)6-5-14-3-1-9-20-13-14/h1,3,5-6,9,13,15-16H,2,4,7-8,10-12H2,(H2,19,24)/b6-5+. The summed E-state index contributed by atoms with van der Waals surface area (Å²) >= 11 is 0. The number of hydrogen-bond acceptors (Lipinski definition) is 4. The summed E-state index contributed by atoms with van der Waals surface area (Å²) in [6.07, 6.45) is 10.5. The van der Waals surface area contributed by atoms with Gasteiger partial charge in [-0.1, -0.05) is 6.07 Å². The molecule has 128 valence electrons. The molecule has 1 aromatic rings. The molecule has 0 aliphatic carbocycles. The van der Waals surface area contributed by atoms with Gasteiger partial charge >= 0.3 is 0 Å². The molecule has 0 spiro atoms. The van der Waals surface area contributed by atoms with Gasteiger partial charge in [0, 0.05) is 37.6 Å². The van der Waals surface area contributed by atoms with Crippen molar-refractivity contribution in [3.63, 3.8) is 0 Å². The highest BCUT2D eigenvalue weighted by molar-refractivity contribution is 5.91. The molecule has 0 bridgehead atoms. The van der Waals surface area contributed by atoms with Gasteiger partial charge in [0.25, 0.3) is 0 Å². The summed E-state index contributed by atoms with van der Waals surface area (Å²) in [5, 5.41) is 0. The summed E-state index contributed by atoms with van der Waals surface area (Å²) in [4.78, 5) is 32.0. The van der Waals surface area contributed by atoms with E-state index in [-0.39, 0.29) is 17.9 Å². The summed E-state index contributed by atoms with van der Waals surface area (Å²) in [6, 6.07) is 4.00. The zero-order chi connectivity index (χ0) is 16.9. The second-order valence-electron chi connectivity index (χ2n) is 6.47. The molecule has 2 aliphatic rings. The van der Waals surface area contributed by atoms with Gasteiger partial charge in [0.05, 0.1) is 6.04 Å². The summed E-state index contributed by atoms with van der Waals surface area (Å²) in [6.45, 7) is 2.39. The average molecular weight is 328 g/mol. The minimum Gasteiger partial charge on any atom is -0.368 e. The molecule has 2 aliphatic heterocycles. The lowest BCUT2D eigenvalue weighted by molar-refractivity contribution is -0.129. The zero-order valence-corrected chi connectivity index (χ0v) is 13.8. The number of primary amides is 1. The van der Waals surface area contributed by atoms with Gasteiger partial charge in [-0.2, -0.15) is 0 Å². The van der Waals surface area contributed by atoms with Gasteiger partial charge in [0.1, 0.15) is 0 Å². The lowest BCUT2D eigenvalue weighted by Crippen LogP contribution is -2.51. The zero-order valence-electron chi connectivity index (χ0n) is 13.8. The maximum absolute atomic E-state index is 12.3. The average Bonchev–Trinajstić information content (AvgIpc) is 3.11. The third-order valence-corrected chi connectivity index (χ3v) is 4.97. The highest BCUT2D eigenvalue weighted by Gasteiger charge is 2.35. The molecule has 6 heteroatoms. The van der Waals surface area contributed by atoms with Gasteiger partial charge in [0.2, 0.25) is 11.8 Å². The Morgan fingerprint density at radius 1 is 1.21 bits per heavy atom. The monoisotopic (exact) mass is 328 g/mol. The van der Waals surface area contributed by atoms with Crippen LogP contribution >= 0.6 is 0 Å². The van der Waals surface area contributed by atoms with Crippen LogP contribution in [-0.4, -0.2) is 58.3 Å². The third kappa shape index (κ3) is 3.82. The Morgan fingerprint density at radius 3 is 2.67 bits per heavy atom. The molecule has 2 amide bonds. The largest absolute Gasteiger partial charge is 0.368 e. The smallest absolute Gasteiger partial charge is 0.246 e. The number of carbonyl (C=O) groups is 2. The number of nitrogens with zero attached hydrogens (tertiary/aromatic N) is 3. The molecule has 24 heavy (non-hydrogen) atoms. The number of carbonyl (C=O) groups excluding carboxylic acids is 2. The molecule has 2 N–H and O–H groups in total. The second kappa shape index (κ2) is 7.57. The van der Waals surface area contributed by atoms with Crippen molar-refractivity contribution in [1.82, 2.24) is 14.8 Å². The molecule has 3 heterocycles. The van der Waals surface area contributed by atoms with Gasteiger partial charge in [-0.3, -0.25) is 19.5 Å². The summed E-state index contributed by atoms with van der Waals surface area (Å²) in [5.74, 6) is -0.185. The maximum Gasteiger partial charge on any atom is 0.246 e. The Bertz CT molecular complexity index is 609. The molecule has 6 nitrogen and oxygen atoms in total. The lowest BCUT2D eigenvalue weighted by Gasteiger charge is -2.38. The van der Waals surface area contributed by atoms with Gasteiger partial charge in [0.15, 0.2) is 0 Å². The van der Waals surface area contributed by atoms with E-state index in [1.54, 1.807) is 24.5 Å². The third-order valence-electron chi connectivity index (χ3n) is 4.97. The Labute approximate surface area is 142 Å². The van der Waals surface area contributed by atoms with E-state index in [9.17, 15) is 9.59 Å². The summed E-state index contributed by atoms with van der Waals surface area (Å²) < 4.78 is 0. The fourth-order valence-corrected chi connectivity index (χ4v) is 3.70. The minimum absolute atomic E-state index is 0.0326. The topological polar surface area (TPSA) is 79.5 Å². The quantitative estimate of drug-likeness (QED) is 0.838. The molecular weight excluding hydrogens is 304 g/mol. The number of rotatable bonds is 4. The maximum atomic E-state index is 12.3. The van der Waals surface area contributed by atoms with Crippen molar-refractivity contribution in [3.05, 3.63) is 36.2 Å². The predicted molar refractivity (Wildman–Crippen MR) is 91.8 cm³/mol. The van der Waals surface area contributed by atoms with Crippen molar-refractivity contribution >= 4 is 17.9 Å². The summed E-state index contributed by atoms with van der Waals surface area (Å²) in [7, 11) is 0. The molecule has 3 rings (SSSR count). The van der Waals surface area contributed by atoms with Crippen molar-refractivity contribution in [2.75, 3.05) is 19.6 Å². The number of aromatic nitrogens is 1. The molecular formula is C18H24N4O2. The molecule has 2 fully saturated rings. The minimum atomic E-state index is -0.217. The molecule has 1 atom stereocenters. The first-order valence-electron chi connectivity index (χ1n) is 8.57. The number of piperidine rings is 1. The second-order valence-corrected chi connectivity index (χ2v) is 6.47. The molecule has 1 unspecified atom stereocenters. The van der Waals surface area contributed by atoms with E-state index < -0.39 is 0 Å². The highest BCUT2D eigenvalue weighted by atomic mass is 16.2. The van der Waals surface area contributed by atoms with E-state index in [2.05, 4.69) is 9.88 Å². The molecule has 0 radical (unpaired) electrons. The van der Waals surface area contributed by atoms with Gasteiger partial charge in [-0.15, -0.1) is 0 Å². The summed E-state index contributed by atoms with van der Waals surface area (Å²) in [5.41, 5.74) is 6.42. The van der Waals surface area contributed by atoms with Crippen LogP contribution in [0, 0.1) is 0 Å².